The predicted octanol–water partition coefficient (Wildman–Crippen LogP) is 2.15. The number of allylic oxidation sites excluding steroid dienone is 1. The van der Waals surface area contributed by atoms with Crippen molar-refractivity contribution in [2.24, 2.45) is 11.8 Å². The molecule has 0 aromatic heterocycles. The Morgan fingerprint density at radius 3 is 2.46 bits per heavy atom. The minimum atomic E-state index is -1.23. The summed E-state index contributed by atoms with van der Waals surface area (Å²) in [4.78, 5) is 35.4. The zero-order valence-electron chi connectivity index (χ0n) is 22.1. The molecule has 1 fully saturated rings. The highest BCUT2D eigenvalue weighted by Gasteiger charge is 2.39. The lowest BCUT2D eigenvalue weighted by Gasteiger charge is -2.29. The van der Waals surface area contributed by atoms with E-state index in [9.17, 15) is 29.7 Å². The third-order valence-corrected chi connectivity index (χ3v) is 6.49. The number of carbonyl (C=O) groups excluding carboxylic acids is 3. The number of nitrogens with zero attached hydrogens (tertiary/aromatic N) is 1. The van der Waals surface area contributed by atoms with Crippen molar-refractivity contribution in [1.29, 1.82) is 0 Å². The van der Waals surface area contributed by atoms with E-state index in [1.807, 2.05) is 21.1 Å². The number of carbonyl (C=O) groups is 3. The summed E-state index contributed by atoms with van der Waals surface area (Å²) in [5, 5.41) is 31.4. The molecule has 0 aromatic carbocycles. The van der Waals surface area contributed by atoms with Crippen LogP contribution < -0.4 is 5.11 Å². The zero-order valence-corrected chi connectivity index (χ0v) is 22.1. The molecule has 1 aliphatic rings. The molecule has 0 bridgehead atoms. The standard InChI is InChI=1S/C27H47NO7/c1-5-6-9-12-20(29)15-16-23-22(24(30)18-25(23)31)13-10-7-8-11-14-27(34)35-21(17-26(32)33)19-28(2,3)4/h15-16,20-24,29-30H,5-14,17-19H2,1-4H3/b16-15+. The summed E-state index contributed by atoms with van der Waals surface area (Å²) in [5.74, 6) is -2.08. The minimum Gasteiger partial charge on any atom is -0.550 e. The van der Waals surface area contributed by atoms with Crippen molar-refractivity contribution in [3.05, 3.63) is 12.2 Å². The Morgan fingerprint density at radius 1 is 1.14 bits per heavy atom. The van der Waals surface area contributed by atoms with Gasteiger partial charge in [0.05, 0.1) is 33.4 Å². The largest absolute Gasteiger partial charge is 0.550 e. The Kier molecular flexibility index (Phi) is 14.4. The van der Waals surface area contributed by atoms with Gasteiger partial charge < -0.3 is 29.3 Å². The zero-order chi connectivity index (χ0) is 26.4. The van der Waals surface area contributed by atoms with Crippen LogP contribution >= 0.6 is 0 Å². The molecule has 5 atom stereocenters. The van der Waals surface area contributed by atoms with Gasteiger partial charge in [0.15, 0.2) is 6.10 Å². The minimum absolute atomic E-state index is 0.0299. The molecule has 0 aliphatic heterocycles. The van der Waals surface area contributed by atoms with Gasteiger partial charge in [-0.15, -0.1) is 0 Å². The Balaban J connectivity index is 2.37. The molecule has 0 aromatic rings. The maximum Gasteiger partial charge on any atom is 0.306 e. The van der Waals surface area contributed by atoms with Crippen LogP contribution in [0, 0.1) is 11.8 Å². The van der Waals surface area contributed by atoms with Gasteiger partial charge in [0.2, 0.25) is 0 Å². The summed E-state index contributed by atoms with van der Waals surface area (Å²) in [6, 6.07) is 0. The van der Waals surface area contributed by atoms with Crippen LogP contribution in [0.3, 0.4) is 0 Å². The molecule has 1 aliphatic carbocycles. The Bertz CT molecular complexity index is 686. The number of aliphatic hydroxyl groups excluding tert-OH is 2. The highest BCUT2D eigenvalue weighted by Crippen LogP contribution is 2.34. The average molecular weight is 498 g/mol. The summed E-state index contributed by atoms with van der Waals surface area (Å²) in [6.07, 6.45) is 9.34. The van der Waals surface area contributed by atoms with Crippen molar-refractivity contribution >= 4 is 17.7 Å². The van der Waals surface area contributed by atoms with Crippen LogP contribution in [0.15, 0.2) is 12.2 Å². The number of carboxylic acids is 1. The van der Waals surface area contributed by atoms with Crippen LogP contribution in [0.5, 0.6) is 0 Å². The number of rotatable bonds is 18. The number of ketones is 1. The van der Waals surface area contributed by atoms with Crippen LogP contribution in [0.25, 0.3) is 0 Å². The number of unbranched alkanes of at least 4 members (excludes halogenated alkanes) is 5. The van der Waals surface area contributed by atoms with E-state index < -0.39 is 30.3 Å². The van der Waals surface area contributed by atoms with Crippen LogP contribution in [0.1, 0.15) is 84.0 Å². The lowest BCUT2D eigenvalue weighted by molar-refractivity contribution is -0.873. The maximum atomic E-state index is 12.3. The fourth-order valence-corrected chi connectivity index (χ4v) is 4.73. The average Bonchev–Trinajstić information content (AvgIpc) is 2.99. The summed E-state index contributed by atoms with van der Waals surface area (Å²) in [6.45, 7) is 2.51. The number of aliphatic carboxylic acids is 1. The molecule has 202 valence electrons. The molecule has 0 heterocycles. The molecular weight excluding hydrogens is 450 g/mol. The fraction of sp³-hybridized carbons (Fsp3) is 0.815. The molecule has 8 nitrogen and oxygen atoms in total. The number of hydrogen-bond donors (Lipinski definition) is 2. The lowest BCUT2D eigenvalue weighted by Crippen LogP contribution is -2.45. The lowest BCUT2D eigenvalue weighted by atomic mass is 9.88. The third kappa shape index (κ3) is 13.8. The molecule has 0 amide bonds. The number of likely N-dealkylation sites (N-methyl/N-ethyl adjacent to an activating group) is 1. The van der Waals surface area contributed by atoms with E-state index in [2.05, 4.69) is 6.92 Å². The van der Waals surface area contributed by atoms with Gasteiger partial charge in [0.1, 0.15) is 12.3 Å². The predicted molar refractivity (Wildman–Crippen MR) is 132 cm³/mol. The summed E-state index contributed by atoms with van der Waals surface area (Å²) in [7, 11) is 5.71. The van der Waals surface area contributed by atoms with E-state index in [0.29, 0.717) is 23.9 Å². The highest BCUT2D eigenvalue weighted by molar-refractivity contribution is 5.86. The number of ether oxygens (including phenoxy) is 1. The third-order valence-electron chi connectivity index (χ3n) is 6.49. The molecule has 8 heteroatoms. The van der Waals surface area contributed by atoms with E-state index in [1.54, 1.807) is 12.2 Å². The molecule has 2 N–H and O–H groups in total. The summed E-state index contributed by atoms with van der Waals surface area (Å²) < 4.78 is 5.85. The van der Waals surface area contributed by atoms with Gasteiger partial charge in [-0.05, 0) is 25.2 Å². The molecule has 1 rings (SSSR count). The van der Waals surface area contributed by atoms with Gasteiger partial charge in [-0.2, -0.15) is 0 Å². The van der Waals surface area contributed by atoms with E-state index >= 15 is 0 Å². The first-order valence-electron chi connectivity index (χ1n) is 13.2. The number of aliphatic hydroxyl groups is 2. The number of esters is 1. The van der Waals surface area contributed by atoms with Gasteiger partial charge in [-0.1, -0.05) is 57.6 Å². The molecule has 1 saturated carbocycles. The quantitative estimate of drug-likeness (QED) is 0.129. The summed E-state index contributed by atoms with van der Waals surface area (Å²) >= 11 is 0. The fourth-order valence-electron chi connectivity index (χ4n) is 4.73. The molecule has 5 unspecified atom stereocenters. The van der Waals surface area contributed by atoms with Gasteiger partial charge in [-0.25, -0.2) is 0 Å². The Morgan fingerprint density at radius 2 is 1.83 bits per heavy atom. The van der Waals surface area contributed by atoms with Gasteiger partial charge in [0, 0.05) is 31.1 Å². The first-order valence-corrected chi connectivity index (χ1v) is 13.2. The first kappa shape index (κ1) is 31.3. The van der Waals surface area contributed by atoms with Crippen LogP contribution in [-0.4, -0.2) is 78.4 Å². The maximum absolute atomic E-state index is 12.3. The van der Waals surface area contributed by atoms with Crippen molar-refractivity contribution in [2.75, 3.05) is 27.7 Å². The SMILES string of the molecule is CCCCCC(O)/C=C/C1C(=O)CC(O)C1CCCCCCC(=O)OC(CC(=O)[O-])C[N+](C)(C)C. The van der Waals surface area contributed by atoms with E-state index in [4.69, 9.17) is 4.74 Å². The van der Waals surface area contributed by atoms with Crippen LogP contribution in [0.2, 0.25) is 0 Å². The van der Waals surface area contributed by atoms with Crippen molar-refractivity contribution < 1.29 is 38.9 Å². The second-order valence-electron chi connectivity index (χ2n) is 11.0. The molecule has 35 heavy (non-hydrogen) atoms. The van der Waals surface area contributed by atoms with Gasteiger partial charge in [0.25, 0.3) is 0 Å². The van der Waals surface area contributed by atoms with E-state index in [1.165, 1.54) is 0 Å². The van der Waals surface area contributed by atoms with Crippen LogP contribution in [-0.2, 0) is 19.1 Å². The highest BCUT2D eigenvalue weighted by atomic mass is 16.5. The monoisotopic (exact) mass is 497 g/mol. The molecule has 0 saturated heterocycles. The summed E-state index contributed by atoms with van der Waals surface area (Å²) in [5.41, 5.74) is 0. The second-order valence-corrected chi connectivity index (χ2v) is 11.0. The van der Waals surface area contributed by atoms with Crippen molar-refractivity contribution in [2.45, 2.75) is 102 Å². The Hall–Kier alpha value is -1.77. The van der Waals surface area contributed by atoms with Crippen LogP contribution in [0.4, 0.5) is 0 Å². The first-order chi connectivity index (χ1) is 16.4. The van der Waals surface area contributed by atoms with E-state index in [0.717, 1.165) is 44.9 Å². The van der Waals surface area contributed by atoms with Gasteiger partial charge in [-0.3, -0.25) is 9.59 Å². The van der Waals surface area contributed by atoms with Crippen molar-refractivity contribution in [1.82, 2.24) is 0 Å². The number of Topliss-reactive ketones (excluding diaryl/α,β-unsaturated/α-hetero) is 1. The van der Waals surface area contributed by atoms with Crippen molar-refractivity contribution in [3.8, 4) is 0 Å². The number of quaternary nitrogens is 1. The topological polar surface area (TPSA) is 124 Å². The number of hydrogen-bond acceptors (Lipinski definition) is 7. The smallest absolute Gasteiger partial charge is 0.306 e. The van der Waals surface area contributed by atoms with E-state index in [-0.39, 0.29) is 36.9 Å². The molecular formula is C27H47NO7. The normalized spacial score (nSPS) is 22.5. The van der Waals surface area contributed by atoms with Gasteiger partial charge >= 0.3 is 5.97 Å². The molecule has 0 radical (unpaired) electrons. The molecule has 0 spiro atoms. The van der Waals surface area contributed by atoms with Crippen molar-refractivity contribution in [3.63, 3.8) is 0 Å². The second kappa shape index (κ2) is 16.1. The Labute approximate surface area is 210 Å². The number of carboxylic acid groups (broad SMARTS) is 1.